The Morgan fingerprint density at radius 3 is 2.87 bits per heavy atom. The van der Waals surface area contributed by atoms with Crippen molar-refractivity contribution in [1.82, 2.24) is 9.97 Å². The molecule has 0 aromatic carbocycles. The molecule has 0 amide bonds. The van der Waals surface area contributed by atoms with E-state index in [2.05, 4.69) is 9.97 Å². The van der Waals surface area contributed by atoms with E-state index in [0.717, 1.165) is 22.5 Å². The topological polar surface area (TPSA) is 46.0 Å². The predicted molar refractivity (Wildman–Crippen MR) is 58.1 cm³/mol. The molecule has 0 aliphatic carbocycles. The maximum Gasteiger partial charge on any atom is 0.0720 e. The zero-order valence-electron chi connectivity index (χ0n) is 8.51. The molecule has 2 aromatic heterocycles. The lowest BCUT2D eigenvalue weighted by Crippen LogP contribution is -1.90. The van der Waals surface area contributed by atoms with E-state index in [1.807, 2.05) is 31.2 Å². The third-order valence-electron chi connectivity index (χ3n) is 2.16. The van der Waals surface area contributed by atoms with Crippen LogP contribution >= 0.6 is 0 Å². The molecule has 0 aliphatic rings. The lowest BCUT2D eigenvalue weighted by Gasteiger charge is -2.02. The van der Waals surface area contributed by atoms with Gasteiger partial charge in [-0.1, -0.05) is 6.07 Å². The molecular weight excluding hydrogens is 188 g/mol. The summed E-state index contributed by atoms with van der Waals surface area (Å²) in [5, 5.41) is 9.00. The molecule has 3 nitrogen and oxygen atoms in total. The predicted octanol–water partition coefficient (Wildman–Crippen LogP) is 1.94. The van der Waals surface area contributed by atoms with E-state index in [1.165, 1.54) is 0 Å². The molecule has 1 N–H and O–H groups in total. The SMILES string of the molecule is Cc1cccc(-c2cncc(CO)c2)n1. The summed E-state index contributed by atoms with van der Waals surface area (Å²) in [5.41, 5.74) is 3.60. The average Bonchev–Trinajstić information content (AvgIpc) is 2.29. The molecule has 2 rings (SSSR count). The molecule has 0 radical (unpaired) electrons. The second kappa shape index (κ2) is 4.19. The Kier molecular flexibility index (Phi) is 2.74. The fraction of sp³-hybridized carbons (Fsp3) is 0.167. The van der Waals surface area contributed by atoms with Gasteiger partial charge in [0, 0.05) is 23.7 Å². The van der Waals surface area contributed by atoms with Gasteiger partial charge in [0.05, 0.1) is 12.3 Å². The van der Waals surface area contributed by atoms with E-state index >= 15 is 0 Å². The molecular formula is C12H12N2O. The highest BCUT2D eigenvalue weighted by Gasteiger charge is 2.00. The lowest BCUT2D eigenvalue weighted by atomic mass is 10.1. The molecule has 0 unspecified atom stereocenters. The summed E-state index contributed by atoms with van der Waals surface area (Å²) >= 11 is 0. The number of hydrogen-bond donors (Lipinski definition) is 1. The van der Waals surface area contributed by atoms with E-state index < -0.39 is 0 Å². The number of aliphatic hydroxyl groups excluding tert-OH is 1. The van der Waals surface area contributed by atoms with Gasteiger partial charge in [0.1, 0.15) is 0 Å². The molecule has 0 saturated carbocycles. The van der Waals surface area contributed by atoms with Gasteiger partial charge in [0.2, 0.25) is 0 Å². The van der Waals surface area contributed by atoms with Crippen LogP contribution in [0.4, 0.5) is 0 Å². The minimum atomic E-state index is 0.00660. The van der Waals surface area contributed by atoms with Crippen LogP contribution in [0.15, 0.2) is 36.7 Å². The fourth-order valence-electron chi connectivity index (χ4n) is 1.42. The van der Waals surface area contributed by atoms with Gasteiger partial charge in [-0.15, -0.1) is 0 Å². The maximum absolute atomic E-state index is 9.00. The van der Waals surface area contributed by atoms with Crippen molar-refractivity contribution in [3.8, 4) is 11.3 Å². The van der Waals surface area contributed by atoms with Crippen LogP contribution in [0.2, 0.25) is 0 Å². The third kappa shape index (κ3) is 2.19. The van der Waals surface area contributed by atoms with Gasteiger partial charge in [-0.05, 0) is 30.7 Å². The van der Waals surface area contributed by atoms with Gasteiger partial charge in [-0.3, -0.25) is 9.97 Å². The quantitative estimate of drug-likeness (QED) is 0.805. The first-order valence-corrected chi connectivity index (χ1v) is 4.78. The van der Waals surface area contributed by atoms with Gasteiger partial charge in [-0.2, -0.15) is 0 Å². The van der Waals surface area contributed by atoms with Crippen molar-refractivity contribution < 1.29 is 5.11 Å². The summed E-state index contributed by atoms with van der Waals surface area (Å²) in [5.74, 6) is 0. The lowest BCUT2D eigenvalue weighted by molar-refractivity contribution is 0.281. The van der Waals surface area contributed by atoms with Crippen LogP contribution in [0.1, 0.15) is 11.3 Å². The number of rotatable bonds is 2. The van der Waals surface area contributed by atoms with Crippen LogP contribution in [-0.2, 0) is 6.61 Å². The number of nitrogens with zero attached hydrogens (tertiary/aromatic N) is 2. The molecule has 0 saturated heterocycles. The molecule has 76 valence electrons. The zero-order chi connectivity index (χ0) is 10.7. The Morgan fingerprint density at radius 2 is 2.13 bits per heavy atom. The number of aromatic nitrogens is 2. The van der Waals surface area contributed by atoms with Crippen LogP contribution in [0.3, 0.4) is 0 Å². The van der Waals surface area contributed by atoms with Crippen molar-refractivity contribution in [2.45, 2.75) is 13.5 Å². The standard InChI is InChI=1S/C12H12N2O/c1-9-3-2-4-12(14-9)11-5-10(8-15)6-13-7-11/h2-7,15H,8H2,1H3. The number of hydrogen-bond acceptors (Lipinski definition) is 3. The van der Waals surface area contributed by atoms with Gasteiger partial charge in [-0.25, -0.2) is 0 Å². The normalized spacial score (nSPS) is 10.3. The molecule has 0 fully saturated rings. The highest BCUT2D eigenvalue weighted by atomic mass is 16.3. The van der Waals surface area contributed by atoms with Crippen LogP contribution in [-0.4, -0.2) is 15.1 Å². The Balaban J connectivity index is 2.44. The van der Waals surface area contributed by atoms with Crippen molar-refractivity contribution in [2.75, 3.05) is 0 Å². The molecule has 2 heterocycles. The first-order chi connectivity index (χ1) is 7.29. The van der Waals surface area contributed by atoms with E-state index in [9.17, 15) is 0 Å². The molecule has 15 heavy (non-hydrogen) atoms. The van der Waals surface area contributed by atoms with Crippen molar-refractivity contribution >= 4 is 0 Å². The fourth-order valence-corrected chi connectivity index (χ4v) is 1.42. The van der Waals surface area contributed by atoms with Crippen molar-refractivity contribution in [3.63, 3.8) is 0 Å². The van der Waals surface area contributed by atoms with Gasteiger partial charge in [0.25, 0.3) is 0 Å². The summed E-state index contributed by atoms with van der Waals surface area (Å²) in [6, 6.07) is 7.75. The monoisotopic (exact) mass is 200 g/mol. The molecule has 0 aliphatic heterocycles. The second-order valence-corrected chi connectivity index (χ2v) is 3.40. The molecule has 0 spiro atoms. The average molecular weight is 200 g/mol. The summed E-state index contributed by atoms with van der Waals surface area (Å²) in [6.45, 7) is 1.96. The highest BCUT2D eigenvalue weighted by molar-refractivity contribution is 5.58. The number of aliphatic hydroxyl groups is 1. The van der Waals surface area contributed by atoms with E-state index in [1.54, 1.807) is 12.4 Å². The van der Waals surface area contributed by atoms with Gasteiger partial charge in [0.15, 0.2) is 0 Å². The number of aryl methyl sites for hydroxylation is 1. The van der Waals surface area contributed by atoms with Gasteiger partial charge < -0.3 is 5.11 Å². The largest absolute Gasteiger partial charge is 0.392 e. The minimum Gasteiger partial charge on any atom is -0.392 e. The second-order valence-electron chi connectivity index (χ2n) is 3.40. The molecule has 0 bridgehead atoms. The maximum atomic E-state index is 9.00. The minimum absolute atomic E-state index is 0.00660. The van der Waals surface area contributed by atoms with Crippen molar-refractivity contribution in [3.05, 3.63) is 47.9 Å². The summed E-state index contributed by atoms with van der Waals surface area (Å²) in [6.07, 6.45) is 3.40. The Labute approximate surface area is 88.5 Å². The zero-order valence-corrected chi connectivity index (χ0v) is 8.51. The van der Waals surface area contributed by atoms with E-state index in [4.69, 9.17) is 5.11 Å². The van der Waals surface area contributed by atoms with Crippen molar-refractivity contribution in [2.24, 2.45) is 0 Å². The Hall–Kier alpha value is -1.74. The van der Waals surface area contributed by atoms with Crippen molar-refractivity contribution in [1.29, 1.82) is 0 Å². The Bertz CT molecular complexity index is 469. The van der Waals surface area contributed by atoms with Gasteiger partial charge >= 0.3 is 0 Å². The molecule has 0 atom stereocenters. The number of pyridine rings is 2. The summed E-state index contributed by atoms with van der Waals surface area (Å²) in [7, 11) is 0. The summed E-state index contributed by atoms with van der Waals surface area (Å²) in [4.78, 5) is 8.46. The van der Waals surface area contributed by atoms with E-state index in [0.29, 0.717) is 0 Å². The first kappa shape index (κ1) is 9.80. The van der Waals surface area contributed by atoms with Crippen LogP contribution in [0, 0.1) is 6.92 Å². The molecule has 3 heteroatoms. The van der Waals surface area contributed by atoms with E-state index in [-0.39, 0.29) is 6.61 Å². The molecule has 2 aromatic rings. The van der Waals surface area contributed by atoms with Crippen LogP contribution in [0.25, 0.3) is 11.3 Å². The van der Waals surface area contributed by atoms with Crippen LogP contribution in [0.5, 0.6) is 0 Å². The van der Waals surface area contributed by atoms with Crippen LogP contribution < -0.4 is 0 Å². The smallest absolute Gasteiger partial charge is 0.0720 e. The highest BCUT2D eigenvalue weighted by Crippen LogP contribution is 2.17. The third-order valence-corrected chi connectivity index (χ3v) is 2.16. The summed E-state index contributed by atoms with van der Waals surface area (Å²) < 4.78 is 0. The first-order valence-electron chi connectivity index (χ1n) is 4.78. The Morgan fingerprint density at radius 1 is 1.27 bits per heavy atom.